The molecule has 10 heavy (non-hydrogen) atoms. The van der Waals surface area contributed by atoms with E-state index in [1.807, 2.05) is 20.9 Å². The van der Waals surface area contributed by atoms with Crippen LogP contribution in [0.25, 0.3) is 0 Å². The van der Waals surface area contributed by atoms with Crippen LogP contribution in [0.2, 0.25) is 0 Å². The molecule has 0 saturated carbocycles. The first-order chi connectivity index (χ1) is 3.95. The van der Waals surface area contributed by atoms with E-state index < -0.39 is 5.60 Å². The van der Waals surface area contributed by atoms with Gasteiger partial charge in [-0.25, -0.2) is 0 Å². The molecule has 0 aromatic rings. The van der Waals surface area contributed by atoms with Crippen LogP contribution in [0, 0.1) is 0 Å². The Hall–Kier alpha value is 0.634. The standard InChI is InChI=1S/C7H17NO.Ti/c1-5-8(4)6-7(2,3)9;/h9H,5-6H2,1-4H3;. The molecule has 0 saturated heterocycles. The minimum absolute atomic E-state index is 0. The molecular formula is C7H17NOTi. The molecular weight excluding hydrogens is 162 g/mol. The molecule has 0 unspecified atom stereocenters. The van der Waals surface area contributed by atoms with Gasteiger partial charge in [0, 0.05) is 28.3 Å². The van der Waals surface area contributed by atoms with Gasteiger partial charge in [-0.2, -0.15) is 0 Å². The zero-order valence-electron chi connectivity index (χ0n) is 7.31. The van der Waals surface area contributed by atoms with Gasteiger partial charge in [0.1, 0.15) is 0 Å². The predicted molar refractivity (Wildman–Crippen MR) is 39.5 cm³/mol. The van der Waals surface area contributed by atoms with Crippen LogP contribution in [0.4, 0.5) is 0 Å². The van der Waals surface area contributed by atoms with Crippen molar-refractivity contribution in [3.05, 3.63) is 0 Å². The monoisotopic (exact) mass is 179 g/mol. The van der Waals surface area contributed by atoms with E-state index in [-0.39, 0.29) is 21.7 Å². The molecule has 0 aromatic carbocycles. The molecule has 0 bridgehead atoms. The van der Waals surface area contributed by atoms with Crippen molar-refractivity contribution in [2.24, 2.45) is 0 Å². The second-order valence-electron chi connectivity index (χ2n) is 3.14. The Morgan fingerprint density at radius 2 is 1.80 bits per heavy atom. The largest absolute Gasteiger partial charge is 0.389 e. The van der Waals surface area contributed by atoms with Gasteiger partial charge in [0.25, 0.3) is 0 Å². The predicted octanol–water partition coefficient (Wildman–Crippen LogP) is 0.707. The van der Waals surface area contributed by atoms with Crippen LogP contribution in [0.5, 0.6) is 0 Å². The van der Waals surface area contributed by atoms with Crippen LogP contribution in [0.15, 0.2) is 0 Å². The van der Waals surface area contributed by atoms with Crippen molar-refractivity contribution in [2.75, 3.05) is 20.1 Å². The summed E-state index contributed by atoms with van der Waals surface area (Å²) < 4.78 is 0. The van der Waals surface area contributed by atoms with Crippen molar-refractivity contribution in [2.45, 2.75) is 26.4 Å². The first-order valence-electron chi connectivity index (χ1n) is 3.36. The summed E-state index contributed by atoms with van der Waals surface area (Å²) in [7, 11) is 2.00. The van der Waals surface area contributed by atoms with Gasteiger partial charge >= 0.3 is 0 Å². The molecule has 0 spiro atoms. The number of aliphatic hydroxyl groups is 1. The minimum Gasteiger partial charge on any atom is -0.389 e. The summed E-state index contributed by atoms with van der Waals surface area (Å²) in [6.45, 7) is 7.44. The van der Waals surface area contributed by atoms with Gasteiger partial charge in [0.15, 0.2) is 0 Å². The molecule has 0 aromatic heterocycles. The zero-order valence-corrected chi connectivity index (χ0v) is 8.87. The Morgan fingerprint density at radius 3 is 1.90 bits per heavy atom. The SMILES string of the molecule is CCN(C)CC(C)(C)O.[Ti]. The number of hydrogen-bond donors (Lipinski definition) is 1. The van der Waals surface area contributed by atoms with Gasteiger partial charge in [-0.05, 0) is 27.4 Å². The maximum atomic E-state index is 9.28. The van der Waals surface area contributed by atoms with E-state index in [1.54, 1.807) is 0 Å². The van der Waals surface area contributed by atoms with Crippen molar-refractivity contribution in [1.29, 1.82) is 0 Å². The van der Waals surface area contributed by atoms with E-state index in [2.05, 4.69) is 11.8 Å². The molecule has 0 heterocycles. The first-order valence-corrected chi connectivity index (χ1v) is 3.36. The molecule has 0 fully saturated rings. The average Bonchev–Trinajstić information content (AvgIpc) is 1.62. The fourth-order valence-corrected chi connectivity index (χ4v) is 0.772. The second-order valence-corrected chi connectivity index (χ2v) is 3.14. The summed E-state index contributed by atoms with van der Waals surface area (Å²) in [5.74, 6) is 0. The molecule has 0 amide bonds. The Balaban J connectivity index is 0. The minimum atomic E-state index is -0.551. The fourth-order valence-electron chi connectivity index (χ4n) is 0.772. The zero-order chi connectivity index (χ0) is 7.49. The summed E-state index contributed by atoms with van der Waals surface area (Å²) in [5, 5.41) is 9.28. The number of hydrogen-bond acceptors (Lipinski definition) is 2. The molecule has 0 radical (unpaired) electrons. The molecule has 2 nitrogen and oxygen atoms in total. The summed E-state index contributed by atoms with van der Waals surface area (Å²) in [5.41, 5.74) is -0.551. The van der Waals surface area contributed by atoms with Crippen molar-refractivity contribution >= 4 is 0 Å². The topological polar surface area (TPSA) is 23.5 Å². The molecule has 0 rings (SSSR count). The molecule has 0 aliphatic heterocycles. The van der Waals surface area contributed by atoms with Crippen LogP contribution in [-0.4, -0.2) is 35.7 Å². The Labute approximate surface area is 78.5 Å². The van der Waals surface area contributed by atoms with Crippen LogP contribution in [0.1, 0.15) is 20.8 Å². The third-order valence-electron chi connectivity index (χ3n) is 1.20. The molecule has 0 aliphatic rings. The molecule has 60 valence electrons. The normalized spacial score (nSPS) is 11.4. The molecule has 1 N–H and O–H groups in total. The maximum Gasteiger partial charge on any atom is 0.0718 e. The summed E-state index contributed by atoms with van der Waals surface area (Å²) in [6.07, 6.45) is 0. The summed E-state index contributed by atoms with van der Waals surface area (Å²) in [4.78, 5) is 2.08. The van der Waals surface area contributed by atoms with Gasteiger partial charge in [-0.1, -0.05) is 6.92 Å². The van der Waals surface area contributed by atoms with E-state index in [0.29, 0.717) is 0 Å². The number of likely N-dealkylation sites (N-methyl/N-ethyl adjacent to an activating group) is 1. The Morgan fingerprint density at radius 1 is 1.40 bits per heavy atom. The number of rotatable bonds is 3. The van der Waals surface area contributed by atoms with E-state index in [9.17, 15) is 5.11 Å². The number of nitrogens with zero attached hydrogens (tertiary/aromatic N) is 1. The van der Waals surface area contributed by atoms with Gasteiger partial charge in [-0.3, -0.25) is 0 Å². The smallest absolute Gasteiger partial charge is 0.0718 e. The van der Waals surface area contributed by atoms with Crippen LogP contribution >= 0.6 is 0 Å². The maximum absolute atomic E-state index is 9.28. The molecule has 3 heteroatoms. The van der Waals surface area contributed by atoms with Crippen molar-refractivity contribution in [3.63, 3.8) is 0 Å². The van der Waals surface area contributed by atoms with Gasteiger partial charge in [0.05, 0.1) is 5.60 Å². The third kappa shape index (κ3) is 8.63. The fraction of sp³-hybridized carbons (Fsp3) is 1.00. The second kappa shape index (κ2) is 5.31. The van der Waals surface area contributed by atoms with Crippen molar-refractivity contribution in [1.82, 2.24) is 4.90 Å². The van der Waals surface area contributed by atoms with E-state index >= 15 is 0 Å². The van der Waals surface area contributed by atoms with E-state index in [4.69, 9.17) is 0 Å². The van der Waals surface area contributed by atoms with Crippen molar-refractivity contribution < 1.29 is 26.8 Å². The van der Waals surface area contributed by atoms with E-state index in [0.717, 1.165) is 13.1 Å². The molecule has 0 aliphatic carbocycles. The Kier molecular flexibility index (Phi) is 7.03. The van der Waals surface area contributed by atoms with E-state index in [1.165, 1.54) is 0 Å². The van der Waals surface area contributed by atoms with Gasteiger partial charge in [0.2, 0.25) is 0 Å². The van der Waals surface area contributed by atoms with Crippen molar-refractivity contribution in [3.8, 4) is 0 Å². The quantitative estimate of drug-likeness (QED) is 0.645. The Bertz CT molecular complexity index is 80.2. The molecule has 0 atom stereocenters. The average molecular weight is 179 g/mol. The van der Waals surface area contributed by atoms with Crippen LogP contribution < -0.4 is 0 Å². The summed E-state index contributed by atoms with van der Waals surface area (Å²) >= 11 is 0. The first kappa shape index (κ1) is 13.2. The third-order valence-corrected chi connectivity index (χ3v) is 1.20. The van der Waals surface area contributed by atoms with Gasteiger partial charge in [-0.15, -0.1) is 0 Å². The van der Waals surface area contributed by atoms with Crippen LogP contribution in [-0.2, 0) is 21.7 Å². The van der Waals surface area contributed by atoms with Gasteiger partial charge < -0.3 is 10.0 Å². The van der Waals surface area contributed by atoms with Crippen LogP contribution in [0.3, 0.4) is 0 Å². The summed E-state index contributed by atoms with van der Waals surface area (Å²) in [6, 6.07) is 0.